The number of benzene rings is 1. The molecule has 0 aliphatic heterocycles. The first-order valence-corrected chi connectivity index (χ1v) is 9.73. The van der Waals surface area contributed by atoms with E-state index in [0.29, 0.717) is 0 Å². The van der Waals surface area contributed by atoms with Gasteiger partial charge in [-0.05, 0) is 19.1 Å². The van der Waals surface area contributed by atoms with E-state index < -0.39 is 14.5 Å². The minimum atomic E-state index is -1.09. The summed E-state index contributed by atoms with van der Waals surface area (Å²) in [6.45, 7) is 6.51. The summed E-state index contributed by atoms with van der Waals surface area (Å²) in [5.74, 6) is 0.897. The Kier molecular flexibility index (Phi) is 9.00. The van der Waals surface area contributed by atoms with Crippen LogP contribution in [0.4, 0.5) is 0 Å². The maximum atomic E-state index is 6.18. The third kappa shape index (κ3) is 7.62. The molecule has 0 aliphatic rings. The van der Waals surface area contributed by atoms with Gasteiger partial charge in [-0.25, -0.2) is 0 Å². The van der Waals surface area contributed by atoms with Crippen molar-refractivity contribution in [2.45, 2.75) is 63.3 Å². The van der Waals surface area contributed by atoms with Crippen LogP contribution < -0.4 is 4.74 Å². The Bertz CT molecular complexity index is 308. The highest BCUT2D eigenvalue weighted by molar-refractivity contribution is 6.51. The van der Waals surface area contributed by atoms with Crippen LogP contribution in [-0.4, -0.2) is 20.8 Å². The first-order valence-electron chi connectivity index (χ1n) is 7.63. The van der Waals surface area contributed by atoms with E-state index in [2.05, 4.69) is 13.8 Å². The standard InChI is InChI=1S/C8H9O2.2C4H9.Al/c1-7(9)10-8-5-3-2-4-6-8;2*1-3-4-2;/h2-7H,1H3;2*1,3-4H2,2H3;/q-1;;;+1. The Morgan fingerprint density at radius 1 is 1.00 bits per heavy atom. The SMILES string of the molecule is CCC[CH2][Al]([CH2]CCC)[O]C(C)Oc1ccccc1. The summed E-state index contributed by atoms with van der Waals surface area (Å²) >= 11 is -1.09. The van der Waals surface area contributed by atoms with Gasteiger partial charge in [0.2, 0.25) is 0 Å². The van der Waals surface area contributed by atoms with Crippen molar-refractivity contribution in [3.63, 3.8) is 0 Å². The fourth-order valence-electron chi connectivity index (χ4n) is 2.13. The zero-order valence-corrected chi connectivity index (χ0v) is 13.8. The van der Waals surface area contributed by atoms with E-state index >= 15 is 0 Å². The predicted molar refractivity (Wildman–Crippen MR) is 82.8 cm³/mol. The lowest BCUT2D eigenvalue weighted by Gasteiger charge is -2.21. The van der Waals surface area contributed by atoms with Crippen LogP contribution >= 0.6 is 0 Å². The Morgan fingerprint density at radius 3 is 2.11 bits per heavy atom. The topological polar surface area (TPSA) is 18.5 Å². The molecular formula is C16H27AlO2. The van der Waals surface area contributed by atoms with Crippen molar-refractivity contribution in [2.75, 3.05) is 0 Å². The van der Waals surface area contributed by atoms with Crippen LogP contribution in [0, 0.1) is 0 Å². The van der Waals surface area contributed by atoms with Gasteiger partial charge in [0.25, 0.3) is 0 Å². The lowest BCUT2D eigenvalue weighted by Crippen LogP contribution is -2.27. The van der Waals surface area contributed by atoms with Gasteiger partial charge in [0.15, 0.2) is 6.29 Å². The molecule has 0 radical (unpaired) electrons. The van der Waals surface area contributed by atoms with Gasteiger partial charge in [0, 0.05) is 0 Å². The third-order valence-electron chi connectivity index (χ3n) is 3.19. The van der Waals surface area contributed by atoms with Crippen LogP contribution in [0.15, 0.2) is 30.3 Å². The number of hydrogen-bond donors (Lipinski definition) is 0. The molecule has 0 spiro atoms. The Morgan fingerprint density at radius 2 is 1.58 bits per heavy atom. The first-order chi connectivity index (χ1) is 9.26. The van der Waals surface area contributed by atoms with E-state index in [1.165, 1.54) is 36.2 Å². The maximum absolute atomic E-state index is 6.18. The van der Waals surface area contributed by atoms with Gasteiger partial charge in [-0.3, -0.25) is 0 Å². The summed E-state index contributed by atoms with van der Waals surface area (Å²) in [5.41, 5.74) is 0. The zero-order valence-electron chi connectivity index (χ0n) is 12.6. The van der Waals surface area contributed by atoms with Crippen molar-refractivity contribution in [1.29, 1.82) is 0 Å². The maximum Gasteiger partial charge on any atom is 0.463 e. The summed E-state index contributed by atoms with van der Waals surface area (Å²) in [7, 11) is 0. The summed E-state index contributed by atoms with van der Waals surface area (Å²) in [5, 5.41) is 2.55. The number of rotatable bonds is 10. The second kappa shape index (κ2) is 10.3. The highest BCUT2D eigenvalue weighted by atomic mass is 27.2. The number of hydrogen-bond acceptors (Lipinski definition) is 2. The Hall–Kier alpha value is -0.488. The average molecular weight is 278 g/mol. The summed E-state index contributed by atoms with van der Waals surface area (Å²) in [6, 6.07) is 9.94. The number of para-hydroxylation sites is 1. The van der Waals surface area contributed by atoms with E-state index in [4.69, 9.17) is 8.53 Å². The van der Waals surface area contributed by atoms with Crippen LogP contribution in [0.5, 0.6) is 5.75 Å². The average Bonchev–Trinajstić information content (AvgIpc) is 2.43. The molecule has 0 N–H and O–H groups in total. The van der Waals surface area contributed by atoms with Crippen LogP contribution in [0.2, 0.25) is 10.6 Å². The molecular weight excluding hydrogens is 251 g/mol. The third-order valence-corrected chi connectivity index (χ3v) is 6.06. The molecule has 0 saturated heterocycles. The number of ether oxygens (including phenoxy) is 1. The Labute approximate surface area is 122 Å². The van der Waals surface area contributed by atoms with E-state index in [0.717, 1.165) is 5.75 Å². The van der Waals surface area contributed by atoms with Crippen molar-refractivity contribution in [3.8, 4) is 5.75 Å². The van der Waals surface area contributed by atoms with Crippen molar-refractivity contribution >= 4 is 14.5 Å². The van der Waals surface area contributed by atoms with Gasteiger partial charge in [-0.1, -0.05) is 68.3 Å². The van der Waals surface area contributed by atoms with Crippen molar-refractivity contribution in [1.82, 2.24) is 0 Å². The van der Waals surface area contributed by atoms with Gasteiger partial charge in [0.05, 0.1) is 0 Å². The van der Waals surface area contributed by atoms with Gasteiger partial charge >= 0.3 is 14.5 Å². The second-order valence-electron chi connectivity index (χ2n) is 5.04. The fraction of sp³-hybridized carbons (Fsp3) is 0.625. The smallest absolute Gasteiger partial charge is 0.463 e. The van der Waals surface area contributed by atoms with Crippen LogP contribution in [0.3, 0.4) is 0 Å². The quantitative estimate of drug-likeness (QED) is 0.442. The molecule has 3 heteroatoms. The molecule has 0 aromatic heterocycles. The summed E-state index contributed by atoms with van der Waals surface area (Å²) in [6.07, 6.45) is 4.98. The molecule has 1 atom stereocenters. The van der Waals surface area contributed by atoms with Gasteiger partial charge in [-0.15, -0.1) is 0 Å². The largest absolute Gasteiger partial charge is 0.469 e. The Balaban J connectivity index is 2.38. The molecule has 1 unspecified atom stereocenters. The second-order valence-corrected chi connectivity index (χ2v) is 7.71. The zero-order chi connectivity index (χ0) is 13.9. The molecule has 106 valence electrons. The highest BCUT2D eigenvalue weighted by Gasteiger charge is 2.22. The van der Waals surface area contributed by atoms with E-state index in [9.17, 15) is 0 Å². The molecule has 0 aliphatic carbocycles. The molecule has 1 rings (SSSR count). The predicted octanol–water partition coefficient (Wildman–Crippen LogP) is 5.02. The number of unbranched alkanes of at least 4 members (excludes halogenated alkanes) is 2. The van der Waals surface area contributed by atoms with Gasteiger partial charge < -0.3 is 8.53 Å². The fourth-order valence-corrected chi connectivity index (χ4v) is 5.02. The molecule has 0 bridgehead atoms. The lowest BCUT2D eigenvalue weighted by molar-refractivity contribution is 0.0187. The minimum Gasteiger partial charge on any atom is -0.469 e. The molecule has 1 aromatic rings. The van der Waals surface area contributed by atoms with Crippen molar-refractivity contribution in [2.24, 2.45) is 0 Å². The lowest BCUT2D eigenvalue weighted by atomic mass is 10.3. The molecule has 0 heterocycles. The summed E-state index contributed by atoms with van der Waals surface area (Å²) < 4.78 is 12.0. The van der Waals surface area contributed by atoms with E-state index in [1.54, 1.807) is 0 Å². The molecule has 19 heavy (non-hydrogen) atoms. The highest BCUT2D eigenvalue weighted by Crippen LogP contribution is 2.16. The van der Waals surface area contributed by atoms with Crippen LogP contribution in [0.1, 0.15) is 46.5 Å². The van der Waals surface area contributed by atoms with Gasteiger partial charge in [0.1, 0.15) is 5.75 Å². The normalized spacial score (nSPS) is 12.2. The van der Waals surface area contributed by atoms with Crippen molar-refractivity contribution < 1.29 is 8.53 Å². The van der Waals surface area contributed by atoms with E-state index in [-0.39, 0.29) is 6.29 Å². The van der Waals surface area contributed by atoms with Gasteiger partial charge in [-0.2, -0.15) is 0 Å². The van der Waals surface area contributed by atoms with Crippen LogP contribution in [0.25, 0.3) is 0 Å². The van der Waals surface area contributed by atoms with E-state index in [1.807, 2.05) is 37.3 Å². The molecule has 0 fully saturated rings. The summed E-state index contributed by atoms with van der Waals surface area (Å²) in [4.78, 5) is 0. The first kappa shape index (κ1) is 16.6. The molecule has 0 saturated carbocycles. The van der Waals surface area contributed by atoms with Crippen molar-refractivity contribution in [3.05, 3.63) is 30.3 Å². The monoisotopic (exact) mass is 278 g/mol. The molecule has 1 aromatic carbocycles. The molecule has 2 nitrogen and oxygen atoms in total. The van der Waals surface area contributed by atoms with Crippen LogP contribution in [-0.2, 0) is 3.79 Å². The molecule has 0 amide bonds. The minimum absolute atomic E-state index is 0.118.